The van der Waals surface area contributed by atoms with Crippen LogP contribution >= 0.6 is 11.3 Å². The summed E-state index contributed by atoms with van der Waals surface area (Å²) in [6, 6.07) is 21.5. The molecule has 36 heavy (non-hydrogen) atoms. The van der Waals surface area contributed by atoms with Crippen molar-refractivity contribution in [1.82, 2.24) is 0 Å². The maximum Gasteiger partial charge on any atom is 0.412 e. The normalized spacial score (nSPS) is 12.2. The molecule has 0 atom stereocenters. The molecule has 0 fully saturated rings. The zero-order chi connectivity index (χ0) is 25.2. The van der Waals surface area contributed by atoms with E-state index in [1.807, 2.05) is 48.5 Å². The number of halogens is 2. The number of hydrogen-bond donors (Lipinski definition) is 2. The number of fused-ring (bicyclic) bond motifs is 3. The highest BCUT2D eigenvalue weighted by Gasteiger charge is 2.29. The zero-order valence-electron chi connectivity index (χ0n) is 18.6. The van der Waals surface area contributed by atoms with Gasteiger partial charge in [0.15, 0.2) is 0 Å². The molecule has 1 aromatic heterocycles. The van der Waals surface area contributed by atoms with Gasteiger partial charge in [0.05, 0.1) is 0 Å². The van der Waals surface area contributed by atoms with Crippen LogP contribution in [0.25, 0.3) is 22.3 Å². The van der Waals surface area contributed by atoms with Gasteiger partial charge < -0.3 is 14.6 Å². The first-order valence-corrected chi connectivity index (χ1v) is 11.8. The lowest BCUT2D eigenvalue weighted by molar-refractivity contribution is -0.0498. The van der Waals surface area contributed by atoms with E-state index in [1.54, 1.807) is 5.38 Å². The minimum Gasteiger partial charge on any atom is -0.478 e. The maximum absolute atomic E-state index is 12.7. The summed E-state index contributed by atoms with van der Waals surface area (Å²) < 4.78 is 34.6. The standard InChI is InChI=1S/C27H19F2NO5S/c28-26(29)35-16-11-9-15(10-12-16)22-14-36-24(23(22)25(31)32)30-27(33)34-13-21-19-7-3-1-5-17(19)18-6-2-4-8-20(18)21/h1-12,14,21,26H,13H2,(H,30,33)(H,31,32). The van der Waals surface area contributed by atoms with Crippen molar-refractivity contribution in [3.63, 3.8) is 0 Å². The van der Waals surface area contributed by atoms with Crippen molar-refractivity contribution in [2.75, 3.05) is 11.9 Å². The van der Waals surface area contributed by atoms with E-state index < -0.39 is 18.7 Å². The molecule has 3 aromatic carbocycles. The van der Waals surface area contributed by atoms with Crippen molar-refractivity contribution in [3.05, 3.63) is 94.9 Å². The molecule has 4 aromatic rings. The van der Waals surface area contributed by atoms with Crippen molar-refractivity contribution in [2.24, 2.45) is 0 Å². The van der Waals surface area contributed by atoms with Crippen molar-refractivity contribution in [3.8, 4) is 28.0 Å². The van der Waals surface area contributed by atoms with Gasteiger partial charge in [0.25, 0.3) is 0 Å². The molecule has 0 unspecified atom stereocenters. The summed E-state index contributed by atoms with van der Waals surface area (Å²) in [4.78, 5) is 24.7. The quantitative estimate of drug-likeness (QED) is 0.279. The van der Waals surface area contributed by atoms with Crippen LogP contribution in [0.2, 0.25) is 0 Å². The van der Waals surface area contributed by atoms with Gasteiger partial charge in [-0.2, -0.15) is 8.78 Å². The molecule has 0 saturated carbocycles. The minimum absolute atomic E-state index is 0.0437. The van der Waals surface area contributed by atoms with Gasteiger partial charge in [0.1, 0.15) is 22.9 Å². The van der Waals surface area contributed by atoms with Crippen LogP contribution in [0.1, 0.15) is 27.4 Å². The number of hydrogen-bond acceptors (Lipinski definition) is 5. The molecule has 5 rings (SSSR count). The van der Waals surface area contributed by atoms with Gasteiger partial charge in [0.2, 0.25) is 0 Å². The van der Waals surface area contributed by atoms with E-state index in [2.05, 4.69) is 10.1 Å². The van der Waals surface area contributed by atoms with Gasteiger partial charge in [-0.1, -0.05) is 60.7 Å². The second-order valence-electron chi connectivity index (χ2n) is 8.01. The number of ether oxygens (including phenoxy) is 2. The lowest BCUT2D eigenvalue weighted by atomic mass is 9.98. The van der Waals surface area contributed by atoms with Crippen molar-refractivity contribution in [1.29, 1.82) is 0 Å². The van der Waals surface area contributed by atoms with Crippen molar-refractivity contribution < 1.29 is 33.0 Å². The Hall–Kier alpha value is -4.24. The van der Waals surface area contributed by atoms with E-state index in [0.29, 0.717) is 11.1 Å². The van der Waals surface area contributed by atoms with Crippen molar-refractivity contribution in [2.45, 2.75) is 12.5 Å². The summed E-state index contributed by atoms with van der Waals surface area (Å²) in [5.74, 6) is -1.42. The predicted molar refractivity (Wildman–Crippen MR) is 132 cm³/mol. The molecule has 0 aliphatic heterocycles. The molecule has 182 valence electrons. The largest absolute Gasteiger partial charge is 0.478 e. The van der Waals surface area contributed by atoms with Gasteiger partial charge in [-0.05, 0) is 39.9 Å². The van der Waals surface area contributed by atoms with E-state index in [9.17, 15) is 23.5 Å². The molecule has 9 heteroatoms. The summed E-state index contributed by atoms with van der Waals surface area (Å²) in [5.41, 5.74) is 5.03. The minimum atomic E-state index is -2.96. The lowest BCUT2D eigenvalue weighted by Crippen LogP contribution is -2.18. The first-order chi connectivity index (χ1) is 17.4. The fraction of sp³-hybridized carbons (Fsp3) is 0.111. The van der Waals surface area contributed by atoms with Gasteiger partial charge >= 0.3 is 18.7 Å². The molecule has 0 saturated heterocycles. The van der Waals surface area contributed by atoms with Crippen LogP contribution in [0, 0.1) is 0 Å². The topological polar surface area (TPSA) is 84.9 Å². The third-order valence-corrected chi connectivity index (χ3v) is 6.85. The molecule has 1 aliphatic carbocycles. The fourth-order valence-electron chi connectivity index (χ4n) is 4.42. The number of carbonyl (C=O) groups is 2. The van der Waals surface area contributed by atoms with E-state index in [4.69, 9.17) is 4.74 Å². The maximum atomic E-state index is 12.7. The Morgan fingerprint density at radius 3 is 2.11 bits per heavy atom. The van der Waals surface area contributed by atoms with Crippen LogP contribution in [0.3, 0.4) is 0 Å². The number of benzene rings is 3. The average Bonchev–Trinajstić information content (AvgIpc) is 3.42. The fourth-order valence-corrected chi connectivity index (χ4v) is 5.36. The van der Waals surface area contributed by atoms with Crippen LogP contribution in [0.15, 0.2) is 78.2 Å². The molecule has 2 N–H and O–H groups in total. The predicted octanol–water partition coefficient (Wildman–Crippen LogP) is 7.08. The summed E-state index contributed by atoms with van der Waals surface area (Å²) >= 11 is 1.03. The number of amides is 1. The molecule has 1 amide bonds. The number of alkyl halides is 2. The van der Waals surface area contributed by atoms with Crippen LogP contribution < -0.4 is 10.1 Å². The molecule has 0 bridgehead atoms. The Morgan fingerprint density at radius 2 is 1.53 bits per heavy atom. The monoisotopic (exact) mass is 507 g/mol. The van der Waals surface area contributed by atoms with Gasteiger partial charge in [-0.15, -0.1) is 11.3 Å². The molecular formula is C27H19F2NO5S. The highest BCUT2D eigenvalue weighted by Crippen LogP contribution is 2.44. The van der Waals surface area contributed by atoms with Crippen LogP contribution in [0.5, 0.6) is 5.75 Å². The molecule has 6 nitrogen and oxygen atoms in total. The number of aromatic carboxylic acids is 1. The van der Waals surface area contributed by atoms with Crippen LogP contribution in [0.4, 0.5) is 18.6 Å². The number of anilines is 1. The summed E-state index contributed by atoms with van der Waals surface area (Å²) in [5, 5.41) is 14.0. The molecular weight excluding hydrogens is 488 g/mol. The number of carboxylic acids is 1. The second-order valence-corrected chi connectivity index (χ2v) is 8.89. The van der Waals surface area contributed by atoms with Crippen LogP contribution in [-0.4, -0.2) is 30.4 Å². The first kappa shape index (κ1) is 23.5. The van der Waals surface area contributed by atoms with Crippen LogP contribution in [-0.2, 0) is 4.74 Å². The zero-order valence-corrected chi connectivity index (χ0v) is 19.4. The van der Waals surface area contributed by atoms with E-state index in [1.165, 1.54) is 24.3 Å². The summed E-state index contributed by atoms with van der Waals surface area (Å²) in [6.07, 6.45) is -0.770. The first-order valence-electron chi connectivity index (χ1n) is 10.9. The lowest BCUT2D eigenvalue weighted by Gasteiger charge is -2.14. The Labute approximate surface area is 208 Å². The van der Waals surface area contributed by atoms with Gasteiger partial charge in [-0.3, -0.25) is 5.32 Å². The molecule has 1 aliphatic rings. The third kappa shape index (κ3) is 4.52. The van der Waals surface area contributed by atoms with E-state index in [-0.39, 0.29) is 28.8 Å². The SMILES string of the molecule is O=C(Nc1scc(-c2ccc(OC(F)F)cc2)c1C(=O)O)OCC1c2ccccc2-c2ccccc21. The van der Waals surface area contributed by atoms with E-state index >= 15 is 0 Å². The smallest absolute Gasteiger partial charge is 0.412 e. The number of carbonyl (C=O) groups excluding carboxylic acids is 1. The average molecular weight is 508 g/mol. The Balaban J connectivity index is 1.32. The number of thiophene rings is 1. The molecule has 0 radical (unpaired) electrons. The number of nitrogens with one attached hydrogen (secondary N) is 1. The van der Waals surface area contributed by atoms with E-state index in [0.717, 1.165) is 33.6 Å². The molecule has 1 heterocycles. The third-order valence-electron chi connectivity index (χ3n) is 5.95. The Kier molecular flexibility index (Phi) is 6.39. The summed E-state index contributed by atoms with van der Waals surface area (Å²) in [6.45, 7) is -2.87. The number of carboxylic acid groups (broad SMARTS) is 1. The van der Waals surface area contributed by atoms with Gasteiger partial charge in [0, 0.05) is 16.9 Å². The van der Waals surface area contributed by atoms with Gasteiger partial charge in [-0.25, -0.2) is 9.59 Å². The number of rotatable bonds is 7. The Morgan fingerprint density at radius 1 is 0.917 bits per heavy atom. The summed E-state index contributed by atoms with van der Waals surface area (Å²) in [7, 11) is 0. The Bertz CT molecular complexity index is 1390. The molecule has 0 spiro atoms. The second kappa shape index (κ2) is 9.79. The van der Waals surface area contributed by atoms with Crippen molar-refractivity contribution >= 4 is 28.4 Å². The highest BCUT2D eigenvalue weighted by molar-refractivity contribution is 7.15. The highest BCUT2D eigenvalue weighted by atomic mass is 32.1.